The topological polar surface area (TPSA) is 112 Å². The third kappa shape index (κ3) is 1.80. The highest BCUT2D eigenvalue weighted by Crippen LogP contribution is 2.24. The first-order chi connectivity index (χ1) is 5.42. The number of Topliss-reactive ketones (excluding diaryl/α,β-unsaturated/α-hetero) is 1. The molecule has 1 atom stereocenters. The molecule has 0 bridgehead atoms. The Morgan fingerprint density at radius 2 is 2.08 bits per heavy atom. The zero-order valence-electron chi connectivity index (χ0n) is 6.75. The summed E-state index contributed by atoms with van der Waals surface area (Å²) in [6, 6.07) is 0. The number of ketones is 1. The van der Waals surface area contributed by atoms with E-state index in [0.717, 1.165) is 0 Å². The van der Waals surface area contributed by atoms with Gasteiger partial charge in [-0.2, -0.15) is 0 Å². The summed E-state index contributed by atoms with van der Waals surface area (Å²) in [6.07, 6.45) is 0.845. The number of primary amides is 1. The molecule has 1 aliphatic rings. The van der Waals surface area contributed by atoms with Crippen LogP contribution in [0.1, 0.15) is 19.3 Å². The summed E-state index contributed by atoms with van der Waals surface area (Å²) in [5.74, 6) is -1.55. The molecule has 12 heavy (non-hydrogen) atoms. The molecule has 5 heteroatoms. The highest BCUT2D eigenvalue weighted by Gasteiger charge is 2.37. The SMILES string of the molecule is NC(=O)C1CC(N)(N)CCC1=O. The van der Waals surface area contributed by atoms with Crippen molar-refractivity contribution in [3.63, 3.8) is 0 Å². The zero-order valence-corrected chi connectivity index (χ0v) is 6.75. The fourth-order valence-corrected chi connectivity index (χ4v) is 1.39. The first-order valence-corrected chi connectivity index (χ1v) is 3.82. The Labute approximate surface area is 70.3 Å². The first kappa shape index (κ1) is 9.15. The molecule has 1 fully saturated rings. The van der Waals surface area contributed by atoms with Crippen molar-refractivity contribution in [3.05, 3.63) is 0 Å². The standard InChI is InChI=1S/C7H13N3O2/c8-6(12)4-3-7(9,10)2-1-5(4)11/h4H,1-3,9-10H2,(H2,8,12). The van der Waals surface area contributed by atoms with Crippen LogP contribution in [0.3, 0.4) is 0 Å². The van der Waals surface area contributed by atoms with Crippen molar-refractivity contribution in [2.45, 2.75) is 24.9 Å². The van der Waals surface area contributed by atoms with Gasteiger partial charge in [0.05, 0.1) is 11.6 Å². The molecule has 0 aromatic heterocycles. The van der Waals surface area contributed by atoms with Gasteiger partial charge in [0.2, 0.25) is 5.91 Å². The molecule has 0 aromatic carbocycles. The Bertz CT molecular complexity index is 225. The average molecular weight is 171 g/mol. The normalized spacial score (nSPS) is 28.5. The number of hydrogen-bond donors (Lipinski definition) is 3. The Kier molecular flexibility index (Phi) is 2.16. The summed E-state index contributed by atoms with van der Waals surface area (Å²) in [6.45, 7) is 0. The van der Waals surface area contributed by atoms with Gasteiger partial charge in [0.1, 0.15) is 5.78 Å². The monoisotopic (exact) mass is 171 g/mol. The highest BCUT2D eigenvalue weighted by atomic mass is 16.2. The lowest BCUT2D eigenvalue weighted by Gasteiger charge is -2.32. The first-order valence-electron chi connectivity index (χ1n) is 3.82. The molecule has 0 saturated heterocycles. The Hall–Kier alpha value is -0.940. The minimum atomic E-state index is -0.909. The van der Waals surface area contributed by atoms with E-state index in [1.807, 2.05) is 0 Å². The summed E-state index contributed by atoms with van der Waals surface area (Å²) < 4.78 is 0. The number of rotatable bonds is 1. The Balaban J connectivity index is 2.72. The lowest BCUT2D eigenvalue weighted by Crippen LogP contribution is -2.56. The number of carbonyl (C=O) groups excluding carboxylic acids is 2. The van der Waals surface area contributed by atoms with Gasteiger partial charge in [-0.3, -0.25) is 9.59 Å². The predicted molar refractivity (Wildman–Crippen MR) is 42.6 cm³/mol. The molecule has 5 nitrogen and oxygen atoms in total. The van der Waals surface area contributed by atoms with Crippen molar-refractivity contribution in [3.8, 4) is 0 Å². The third-order valence-corrected chi connectivity index (χ3v) is 2.15. The van der Waals surface area contributed by atoms with Gasteiger partial charge in [-0.05, 0) is 12.8 Å². The van der Waals surface area contributed by atoms with Gasteiger partial charge >= 0.3 is 0 Å². The molecule has 1 aliphatic carbocycles. The van der Waals surface area contributed by atoms with Crippen LogP contribution < -0.4 is 17.2 Å². The van der Waals surface area contributed by atoms with Crippen LogP contribution in [0.15, 0.2) is 0 Å². The van der Waals surface area contributed by atoms with Gasteiger partial charge in [-0.25, -0.2) is 0 Å². The average Bonchev–Trinajstić information content (AvgIpc) is 1.94. The summed E-state index contributed by atoms with van der Waals surface area (Å²) in [5.41, 5.74) is 15.3. The minimum absolute atomic E-state index is 0.144. The second-order valence-electron chi connectivity index (χ2n) is 3.36. The number of carbonyl (C=O) groups is 2. The van der Waals surface area contributed by atoms with Crippen LogP contribution in [-0.2, 0) is 9.59 Å². The van der Waals surface area contributed by atoms with Gasteiger partial charge in [-0.1, -0.05) is 0 Å². The fraction of sp³-hybridized carbons (Fsp3) is 0.714. The van der Waals surface area contributed by atoms with Crippen molar-refractivity contribution in [2.24, 2.45) is 23.1 Å². The van der Waals surface area contributed by atoms with E-state index in [0.29, 0.717) is 6.42 Å². The number of nitrogens with two attached hydrogens (primary N) is 3. The Morgan fingerprint density at radius 1 is 1.50 bits per heavy atom. The van der Waals surface area contributed by atoms with Crippen molar-refractivity contribution in [2.75, 3.05) is 0 Å². The van der Waals surface area contributed by atoms with Crippen LogP contribution in [0, 0.1) is 5.92 Å². The van der Waals surface area contributed by atoms with Crippen molar-refractivity contribution < 1.29 is 9.59 Å². The zero-order chi connectivity index (χ0) is 9.35. The second kappa shape index (κ2) is 2.84. The van der Waals surface area contributed by atoms with E-state index in [9.17, 15) is 9.59 Å². The van der Waals surface area contributed by atoms with E-state index >= 15 is 0 Å². The molecule has 0 aliphatic heterocycles. The predicted octanol–water partition coefficient (Wildman–Crippen LogP) is -1.55. The van der Waals surface area contributed by atoms with E-state index in [4.69, 9.17) is 17.2 Å². The van der Waals surface area contributed by atoms with Crippen molar-refractivity contribution in [1.82, 2.24) is 0 Å². The van der Waals surface area contributed by atoms with Gasteiger partial charge in [0.25, 0.3) is 0 Å². The van der Waals surface area contributed by atoms with Gasteiger partial charge < -0.3 is 17.2 Å². The maximum absolute atomic E-state index is 11.1. The quantitative estimate of drug-likeness (QED) is 0.327. The molecule has 0 radical (unpaired) electrons. The molecule has 1 rings (SSSR count). The summed E-state index contributed by atoms with van der Waals surface area (Å²) in [4.78, 5) is 21.9. The van der Waals surface area contributed by atoms with Crippen molar-refractivity contribution >= 4 is 11.7 Å². The molecule has 6 N–H and O–H groups in total. The van der Waals surface area contributed by atoms with E-state index in [1.165, 1.54) is 0 Å². The third-order valence-electron chi connectivity index (χ3n) is 2.15. The van der Waals surface area contributed by atoms with Crippen LogP contribution in [0.5, 0.6) is 0 Å². The smallest absolute Gasteiger partial charge is 0.228 e. The molecule has 0 spiro atoms. The molecule has 0 aromatic rings. The van der Waals surface area contributed by atoms with Gasteiger partial charge in [-0.15, -0.1) is 0 Å². The van der Waals surface area contributed by atoms with E-state index in [2.05, 4.69) is 0 Å². The van der Waals surface area contributed by atoms with E-state index in [-0.39, 0.29) is 18.6 Å². The molecular weight excluding hydrogens is 158 g/mol. The van der Waals surface area contributed by atoms with Crippen LogP contribution >= 0.6 is 0 Å². The van der Waals surface area contributed by atoms with Crippen LogP contribution in [0.2, 0.25) is 0 Å². The summed E-state index contributed by atoms with van der Waals surface area (Å²) in [5, 5.41) is 0. The summed E-state index contributed by atoms with van der Waals surface area (Å²) >= 11 is 0. The lowest BCUT2D eigenvalue weighted by molar-refractivity contribution is -0.135. The molecular formula is C7H13N3O2. The number of amides is 1. The van der Waals surface area contributed by atoms with E-state index < -0.39 is 17.5 Å². The molecule has 68 valence electrons. The molecule has 1 amide bonds. The van der Waals surface area contributed by atoms with E-state index in [1.54, 1.807) is 0 Å². The lowest BCUT2D eigenvalue weighted by atomic mass is 9.81. The van der Waals surface area contributed by atoms with Crippen LogP contribution in [0.25, 0.3) is 0 Å². The van der Waals surface area contributed by atoms with Crippen molar-refractivity contribution in [1.29, 1.82) is 0 Å². The largest absolute Gasteiger partial charge is 0.369 e. The fourth-order valence-electron chi connectivity index (χ4n) is 1.39. The second-order valence-corrected chi connectivity index (χ2v) is 3.36. The van der Waals surface area contributed by atoms with Gasteiger partial charge in [0.15, 0.2) is 0 Å². The minimum Gasteiger partial charge on any atom is -0.369 e. The molecule has 1 saturated carbocycles. The molecule has 1 unspecified atom stereocenters. The Morgan fingerprint density at radius 3 is 2.50 bits per heavy atom. The maximum Gasteiger partial charge on any atom is 0.228 e. The summed E-state index contributed by atoms with van der Waals surface area (Å²) in [7, 11) is 0. The van der Waals surface area contributed by atoms with Crippen LogP contribution in [0.4, 0.5) is 0 Å². The number of hydrogen-bond acceptors (Lipinski definition) is 4. The highest BCUT2D eigenvalue weighted by molar-refractivity contribution is 6.01. The van der Waals surface area contributed by atoms with Gasteiger partial charge in [0, 0.05) is 6.42 Å². The maximum atomic E-state index is 11.1. The molecule has 0 heterocycles. The van der Waals surface area contributed by atoms with Crippen LogP contribution in [-0.4, -0.2) is 17.4 Å².